The Morgan fingerprint density at radius 2 is 1.80 bits per heavy atom. The number of nitrogens with one attached hydrogen (secondary N) is 1. The molecule has 4 saturated carbocycles. The first-order valence-electron chi connectivity index (χ1n) is 10.7. The maximum atomic E-state index is 12.7. The number of rotatable bonds is 4. The second-order valence-corrected chi connectivity index (χ2v) is 10.3. The van der Waals surface area contributed by atoms with Crippen LogP contribution in [0.1, 0.15) is 43.5 Å². The van der Waals surface area contributed by atoms with Gasteiger partial charge in [0.1, 0.15) is 11.6 Å². The molecule has 0 radical (unpaired) electrons. The molecular formula is C22H23N5O2S. The summed E-state index contributed by atoms with van der Waals surface area (Å²) in [5, 5.41) is 18.0. The third kappa shape index (κ3) is 2.96. The minimum absolute atomic E-state index is 0.0209. The van der Waals surface area contributed by atoms with Gasteiger partial charge in [-0.15, -0.1) is 10.2 Å². The maximum Gasteiger partial charge on any atom is 0.247 e. The van der Waals surface area contributed by atoms with Gasteiger partial charge in [-0.3, -0.25) is 19.6 Å². The fourth-order valence-corrected chi connectivity index (χ4v) is 7.42. The smallest absolute Gasteiger partial charge is 0.247 e. The molecule has 0 saturated heterocycles. The summed E-state index contributed by atoms with van der Waals surface area (Å²) in [6.07, 6.45) is 9.12. The van der Waals surface area contributed by atoms with Crippen molar-refractivity contribution in [2.75, 3.05) is 5.32 Å². The van der Waals surface area contributed by atoms with E-state index in [9.17, 15) is 9.59 Å². The largest absolute Gasteiger partial charge is 0.299 e. The number of nitrogens with zero attached hydrogens (tertiary/aromatic N) is 4. The molecule has 4 fully saturated rings. The maximum absolute atomic E-state index is 12.7. The molecule has 2 aromatic heterocycles. The first kappa shape index (κ1) is 18.2. The van der Waals surface area contributed by atoms with Gasteiger partial charge in [0.15, 0.2) is 0 Å². The summed E-state index contributed by atoms with van der Waals surface area (Å²) >= 11 is 1.53. The second kappa shape index (κ2) is 6.70. The quantitative estimate of drug-likeness (QED) is 0.698. The Morgan fingerprint density at radius 3 is 2.53 bits per heavy atom. The van der Waals surface area contributed by atoms with Crippen molar-refractivity contribution in [1.29, 1.82) is 0 Å². The van der Waals surface area contributed by atoms with E-state index in [1.54, 1.807) is 22.9 Å². The van der Waals surface area contributed by atoms with Crippen molar-refractivity contribution in [2.24, 2.45) is 17.8 Å². The van der Waals surface area contributed by atoms with Crippen molar-refractivity contribution in [3.05, 3.63) is 45.7 Å². The lowest BCUT2D eigenvalue weighted by Crippen LogP contribution is -2.48. The topological polar surface area (TPSA) is 89.8 Å². The molecule has 1 N–H and O–H groups in total. The van der Waals surface area contributed by atoms with Crippen LogP contribution < -0.4 is 10.7 Å². The summed E-state index contributed by atoms with van der Waals surface area (Å²) < 4.78 is 1.55. The van der Waals surface area contributed by atoms with Crippen LogP contribution in [0, 0.1) is 17.8 Å². The molecule has 3 aromatic rings. The molecule has 4 aliphatic rings. The third-order valence-corrected chi connectivity index (χ3v) is 8.30. The number of para-hydroxylation sites is 1. The number of aromatic nitrogens is 4. The summed E-state index contributed by atoms with van der Waals surface area (Å²) in [6.45, 7) is 0.0209. The monoisotopic (exact) mass is 421 g/mol. The molecule has 154 valence electrons. The van der Waals surface area contributed by atoms with Gasteiger partial charge in [0, 0.05) is 10.8 Å². The fourth-order valence-electron chi connectivity index (χ4n) is 6.44. The molecule has 8 heteroatoms. The van der Waals surface area contributed by atoms with Gasteiger partial charge in [0.2, 0.25) is 16.5 Å². The molecule has 7 nitrogen and oxygen atoms in total. The SMILES string of the molecule is O=C(Cn1ncc(=O)c2ccccc21)Nc1nnc(C23CC4CC(CC(C4)C2)C3)s1. The number of amides is 1. The normalized spacial score (nSPS) is 29.4. The van der Waals surface area contributed by atoms with Gasteiger partial charge in [0.05, 0.1) is 11.7 Å². The van der Waals surface area contributed by atoms with E-state index >= 15 is 0 Å². The van der Waals surface area contributed by atoms with Crippen LogP contribution in [0.15, 0.2) is 35.3 Å². The number of carbonyl (C=O) groups is 1. The molecule has 0 spiro atoms. The number of hydrogen-bond acceptors (Lipinski definition) is 6. The van der Waals surface area contributed by atoms with Crippen molar-refractivity contribution in [3.63, 3.8) is 0 Å². The van der Waals surface area contributed by atoms with Crippen molar-refractivity contribution < 1.29 is 4.79 Å². The average molecular weight is 422 g/mol. The van der Waals surface area contributed by atoms with Gasteiger partial charge < -0.3 is 0 Å². The Morgan fingerprint density at radius 1 is 1.10 bits per heavy atom. The fraction of sp³-hybridized carbons (Fsp3) is 0.500. The third-order valence-electron chi connectivity index (χ3n) is 7.22. The van der Waals surface area contributed by atoms with E-state index in [4.69, 9.17) is 0 Å². The Hall–Kier alpha value is -2.61. The molecule has 0 unspecified atom stereocenters. The van der Waals surface area contributed by atoms with Crippen LogP contribution in [-0.2, 0) is 16.8 Å². The zero-order chi connectivity index (χ0) is 20.3. The van der Waals surface area contributed by atoms with E-state index in [0.717, 1.165) is 22.8 Å². The Labute approximate surface area is 177 Å². The van der Waals surface area contributed by atoms with E-state index in [-0.39, 0.29) is 23.3 Å². The predicted molar refractivity (Wildman–Crippen MR) is 114 cm³/mol. The number of hydrogen-bond donors (Lipinski definition) is 1. The van der Waals surface area contributed by atoms with Gasteiger partial charge in [-0.05, 0) is 68.4 Å². The van der Waals surface area contributed by atoms with Crippen molar-refractivity contribution >= 4 is 33.3 Å². The average Bonchev–Trinajstić information content (AvgIpc) is 3.19. The predicted octanol–water partition coefficient (Wildman–Crippen LogP) is 3.35. The first-order valence-corrected chi connectivity index (χ1v) is 11.5. The van der Waals surface area contributed by atoms with E-state index in [1.165, 1.54) is 56.1 Å². The van der Waals surface area contributed by atoms with Crippen LogP contribution in [0.3, 0.4) is 0 Å². The van der Waals surface area contributed by atoms with Gasteiger partial charge in [-0.2, -0.15) is 5.10 Å². The summed E-state index contributed by atoms with van der Waals surface area (Å²) in [5.74, 6) is 2.32. The lowest BCUT2D eigenvalue weighted by molar-refractivity contribution is -0.116. The molecule has 0 aliphatic heterocycles. The molecule has 30 heavy (non-hydrogen) atoms. The minimum atomic E-state index is -0.218. The first-order chi connectivity index (χ1) is 14.6. The second-order valence-electron chi connectivity index (χ2n) is 9.34. The zero-order valence-corrected chi connectivity index (χ0v) is 17.4. The van der Waals surface area contributed by atoms with Crippen molar-refractivity contribution in [3.8, 4) is 0 Å². The lowest BCUT2D eigenvalue weighted by atomic mass is 9.50. The van der Waals surface area contributed by atoms with Gasteiger partial charge in [0.25, 0.3) is 0 Å². The highest BCUT2D eigenvalue weighted by atomic mass is 32.1. The molecule has 2 heterocycles. The van der Waals surface area contributed by atoms with E-state index < -0.39 is 0 Å². The summed E-state index contributed by atoms with van der Waals surface area (Å²) in [7, 11) is 0. The highest BCUT2D eigenvalue weighted by molar-refractivity contribution is 7.15. The molecule has 1 aromatic carbocycles. The van der Waals surface area contributed by atoms with Gasteiger partial charge >= 0.3 is 0 Å². The minimum Gasteiger partial charge on any atom is -0.299 e. The highest BCUT2D eigenvalue weighted by Crippen LogP contribution is 2.61. The molecular weight excluding hydrogens is 398 g/mol. The van der Waals surface area contributed by atoms with E-state index in [0.29, 0.717) is 16.0 Å². The molecule has 4 bridgehead atoms. The molecule has 7 rings (SSSR count). The molecule has 0 atom stereocenters. The van der Waals surface area contributed by atoms with E-state index in [1.807, 2.05) is 6.07 Å². The molecule has 4 aliphatic carbocycles. The van der Waals surface area contributed by atoms with E-state index in [2.05, 4.69) is 20.6 Å². The summed E-state index contributed by atoms with van der Waals surface area (Å²) in [5.41, 5.74) is 0.685. The van der Waals surface area contributed by atoms with Crippen molar-refractivity contribution in [1.82, 2.24) is 20.0 Å². The van der Waals surface area contributed by atoms with Crippen molar-refractivity contribution in [2.45, 2.75) is 50.5 Å². The van der Waals surface area contributed by atoms with Crippen LogP contribution >= 0.6 is 11.3 Å². The number of benzene rings is 1. The van der Waals surface area contributed by atoms with Gasteiger partial charge in [-0.25, -0.2) is 0 Å². The Bertz CT molecular complexity index is 1160. The standard InChI is InChI=1S/C22H23N5O2S/c28-18-11-23-27(17-4-2-1-3-16(17)18)12-19(29)24-21-26-25-20(30-21)22-8-13-5-14(9-22)7-15(6-13)10-22/h1-4,11,13-15H,5-10,12H2,(H,24,26,29). The van der Waals surface area contributed by atoms with Crippen LogP contribution in [0.2, 0.25) is 0 Å². The highest BCUT2D eigenvalue weighted by Gasteiger charge is 2.53. The number of fused-ring (bicyclic) bond motifs is 1. The summed E-state index contributed by atoms with van der Waals surface area (Å²) in [6, 6.07) is 7.19. The van der Waals surface area contributed by atoms with Gasteiger partial charge in [-0.1, -0.05) is 23.5 Å². The zero-order valence-electron chi connectivity index (χ0n) is 16.6. The number of carbonyl (C=O) groups excluding carboxylic acids is 1. The van der Waals surface area contributed by atoms with Crippen LogP contribution in [-0.4, -0.2) is 25.9 Å². The summed E-state index contributed by atoms with van der Waals surface area (Å²) in [4.78, 5) is 24.6. The van der Waals surface area contributed by atoms with Crippen LogP contribution in [0.5, 0.6) is 0 Å². The van der Waals surface area contributed by atoms with Crippen LogP contribution in [0.4, 0.5) is 5.13 Å². The lowest BCUT2D eigenvalue weighted by Gasteiger charge is -2.55. The van der Waals surface area contributed by atoms with Crippen LogP contribution in [0.25, 0.3) is 10.9 Å². The Balaban J connectivity index is 1.20. The Kier molecular flexibility index (Phi) is 4.06. The molecule has 1 amide bonds. The number of anilines is 1.